The molecule has 0 N–H and O–H groups in total. The number of carbonyl (C=O) groups is 1. The van der Waals surface area contributed by atoms with Crippen molar-refractivity contribution in [1.29, 1.82) is 0 Å². The average Bonchev–Trinajstić information content (AvgIpc) is 3.04. The van der Waals surface area contributed by atoms with E-state index in [4.69, 9.17) is 4.74 Å². The number of nitrogens with zero attached hydrogens (tertiary/aromatic N) is 2. The number of hydrogen-bond acceptors (Lipinski definition) is 4. The highest BCUT2D eigenvalue weighted by Gasteiger charge is 2.34. The van der Waals surface area contributed by atoms with E-state index in [-0.39, 0.29) is 19.1 Å². The number of alkyl halides is 1. The normalized spacial score (nSPS) is 22.8. The number of ether oxygens (including phenoxy) is 1. The number of aromatic nitrogens is 1. The topological polar surface area (TPSA) is 42.4 Å². The zero-order valence-corrected chi connectivity index (χ0v) is 11.2. The van der Waals surface area contributed by atoms with Crippen LogP contribution >= 0.6 is 11.3 Å². The summed E-state index contributed by atoms with van der Waals surface area (Å²) in [4.78, 5) is 17.9. The Morgan fingerprint density at radius 2 is 2.37 bits per heavy atom. The molecule has 2 aromatic rings. The third-order valence-corrected chi connectivity index (χ3v) is 4.17. The fraction of sp³-hybridized carbons (Fsp3) is 0.385. The van der Waals surface area contributed by atoms with Crippen molar-refractivity contribution in [2.45, 2.75) is 12.2 Å². The molecule has 0 radical (unpaired) electrons. The van der Waals surface area contributed by atoms with Crippen LogP contribution in [-0.4, -0.2) is 48.3 Å². The Bertz CT molecular complexity index is 615. The summed E-state index contributed by atoms with van der Waals surface area (Å²) in [7, 11) is 1.62. The molecule has 1 aromatic carbocycles. The van der Waals surface area contributed by atoms with Crippen molar-refractivity contribution in [3.05, 3.63) is 29.3 Å². The molecule has 0 aliphatic carbocycles. The van der Waals surface area contributed by atoms with E-state index in [1.165, 1.54) is 16.2 Å². The van der Waals surface area contributed by atoms with Gasteiger partial charge in [-0.05, 0) is 18.2 Å². The van der Waals surface area contributed by atoms with Gasteiger partial charge in [0.2, 0.25) is 0 Å². The van der Waals surface area contributed by atoms with E-state index < -0.39 is 12.2 Å². The van der Waals surface area contributed by atoms with Gasteiger partial charge in [0.1, 0.15) is 6.17 Å². The third kappa shape index (κ3) is 2.21. The molecular formula is C13H13FN2O2S. The van der Waals surface area contributed by atoms with Crippen LogP contribution in [0.15, 0.2) is 23.7 Å². The first-order chi connectivity index (χ1) is 9.16. The highest BCUT2D eigenvalue weighted by molar-refractivity contribution is 7.16. The fourth-order valence-corrected chi connectivity index (χ4v) is 2.93. The highest BCUT2D eigenvalue weighted by Crippen LogP contribution is 2.22. The minimum atomic E-state index is -1.11. The SMILES string of the molecule is CN(C(=O)c1ccc2ncsc2c1)[C@@H]1COC[C@H]1F. The van der Waals surface area contributed by atoms with Crippen LogP contribution in [0.5, 0.6) is 0 Å². The molecule has 2 atom stereocenters. The lowest BCUT2D eigenvalue weighted by Crippen LogP contribution is -2.42. The van der Waals surface area contributed by atoms with Gasteiger partial charge in [0.15, 0.2) is 0 Å². The second-order valence-corrected chi connectivity index (χ2v) is 5.46. The molecule has 4 nitrogen and oxygen atoms in total. The number of thiazole rings is 1. The molecule has 1 aliphatic heterocycles. The number of amides is 1. The minimum absolute atomic E-state index is 0.0656. The first-order valence-corrected chi connectivity index (χ1v) is 6.87. The lowest BCUT2D eigenvalue weighted by atomic mass is 10.1. The Morgan fingerprint density at radius 3 is 3.11 bits per heavy atom. The Kier molecular flexibility index (Phi) is 3.20. The van der Waals surface area contributed by atoms with Gasteiger partial charge in [-0.25, -0.2) is 9.37 Å². The number of benzene rings is 1. The molecule has 0 saturated carbocycles. The van der Waals surface area contributed by atoms with Gasteiger partial charge in [-0.1, -0.05) is 0 Å². The highest BCUT2D eigenvalue weighted by atomic mass is 32.1. The first-order valence-electron chi connectivity index (χ1n) is 5.99. The van der Waals surface area contributed by atoms with Crippen molar-refractivity contribution < 1.29 is 13.9 Å². The Balaban J connectivity index is 1.86. The maximum atomic E-state index is 13.6. The molecule has 1 aromatic heterocycles. The quantitative estimate of drug-likeness (QED) is 0.846. The van der Waals surface area contributed by atoms with E-state index in [1.807, 2.05) is 6.07 Å². The van der Waals surface area contributed by atoms with Gasteiger partial charge in [-0.15, -0.1) is 11.3 Å². The molecule has 19 heavy (non-hydrogen) atoms. The van der Waals surface area contributed by atoms with E-state index in [2.05, 4.69) is 4.98 Å². The van der Waals surface area contributed by atoms with Gasteiger partial charge in [0.25, 0.3) is 5.91 Å². The van der Waals surface area contributed by atoms with Crippen LogP contribution in [0.25, 0.3) is 10.2 Å². The molecule has 0 spiro atoms. The van der Waals surface area contributed by atoms with Crippen LogP contribution in [0, 0.1) is 0 Å². The third-order valence-electron chi connectivity index (χ3n) is 3.38. The first kappa shape index (κ1) is 12.5. The van der Waals surface area contributed by atoms with Crippen LogP contribution in [0.4, 0.5) is 4.39 Å². The fourth-order valence-electron chi connectivity index (χ4n) is 2.21. The van der Waals surface area contributed by atoms with Crippen molar-refractivity contribution in [3.8, 4) is 0 Å². The maximum absolute atomic E-state index is 13.6. The number of hydrogen-bond donors (Lipinski definition) is 0. The molecule has 2 heterocycles. The summed E-state index contributed by atoms with van der Waals surface area (Å²) < 4.78 is 19.6. The molecule has 0 bridgehead atoms. The van der Waals surface area contributed by atoms with Crippen molar-refractivity contribution >= 4 is 27.5 Å². The Morgan fingerprint density at radius 1 is 1.53 bits per heavy atom. The second-order valence-electron chi connectivity index (χ2n) is 4.57. The summed E-state index contributed by atoms with van der Waals surface area (Å²) >= 11 is 1.48. The van der Waals surface area contributed by atoms with Crippen LogP contribution in [-0.2, 0) is 4.74 Å². The van der Waals surface area contributed by atoms with Gasteiger partial charge < -0.3 is 9.64 Å². The zero-order valence-electron chi connectivity index (χ0n) is 10.4. The largest absolute Gasteiger partial charge is 0.376 e. The van der Waals surface area contributed by atoms with Crippen LogP contribution in [0.3, 0.4) is 0 Å². The summed E-state index contributed by atoms with van der Waals surface area (Å²) in [5, 5.41) is 0. The Labute approximate surface area is 113 Å². The summed E-state index contributed by atoms with van der Waals surface area (Å²) in [5.41, 5.74) is 3.17. The van der Waals surface area contributed by atoms with Crippen LogP contribution in [0.1, 0.15) is 10.4 Å². The predicted octanol–water partition coefficient (Wildman–Crippen LogP) is 2.11. The summed E-state index contributed by atoms with van der Waals surface area (Å²) in [6.07, 6.45) is -1.11. The molecule has 1 fully saturated rings. The monoisotopic (exact) mass is 280 g/mol. The van der Waals surface area contributed by atoms with Gasteiger partial charge >= 0.3 is 0 Å². The van der Waals surface area contributed by atoms with Crippen molar-refractivity contribution in [3.63, 3.8) is 0 Å². The zero-order chi connectivity index (χ0) is 13.4. The maximum Gasteiger partial charge on any atom is 0.254 e. The van der Waals surface area contributed by atoms with Gasteiger partial charge in [-0.3, -0.25) is 4.79 Å². The van der Waals surface area contributed by atoms with Crippen LogP contribution in [0.2, 0.25) is 0 Å². The molecule has 3 rings (SSSR count). The molecule has 6 heteroatoms. The van der Waals surface area contributed by atoms with Gasteiger partial charge in [-0.2, -0.15) is 0 Å². The molecule has 1 aliphatic rings. The van der Waals surface area contributed by atoms with E-state index >= 15 is 0 Å². The van der Waals surface area contributed by atoms with Crippen molar-refractivity contribution in [2.24, 2.45) is 0 Å². The number of carbonyl (C=O) groups excluding carboxylic acids is 1. The summed E-state index contributed by atoms with van der Waals surface area (Å²) in [5.74, 6) is -0.187. The standard InChI is InChI=1S/C13H13FN2O2S/c1-16(11-6-18-5-9(11)14)13(17)8-2-3-10-12(4-8)19-7-15-10/h2-4,7,9,11H,5-6H2,1H3/t9-,11-/m1/s1. The van der Waals surface area contributed by atoms with Crippen LogP contribution < -0.4 is 0 Å². The number of likely N-dealkylation sites (N-methyl/N-ethyl adjacent to an activating group) is 1. The molecule has 0 unspecified atom stereocenters. The average molecular weight is 280 g/mol. The molecule has 1 amide bonds. The number of halogens is 1. The van der Waals surface area contributed by atoms with E-state index in [1.54, 1.807) is 24.7 Å². The summed E-state index contributed by atoms with van der Waals surface area (Å²) in [6, 6.07) is 4.84. The smallest absolute Gasteiger partial charge is 0.254 e. The lowest BCUT2D eigenvalue weighted by Gasteiger charge is -2.24. The van der Waals surface area contributed by atoms with E-state index in [9.17, 15) is 9.18 Å². The minimum Gasteiger partial charge on any atom is -0.376 e. The van der Waals surface area contributed by atoms with Crippen molar-refractivity contribution in [2.75, 3.05) is 20.3 Å². The number of rotatable bonds is 2. The molecular weight excluding hydrogens is 267 g/mol. The molecule has 1 saturated heterocycles. The van der Waals surface area contributed by atoms with Gasteiger partial charge in [0, 0.05) is 12.6 Å². The van der Waals surface area contributed by atoms with E-state index in [0.29, 0.717) is 5.56 Å². The summed E-state index contributed by atoms with van der Waals surface area (Å²) in [6.45, 7) is 0.322. The lowest BCUT2D eigenvalue weighted by molar-refractivity contribution is 0.0672. The van der Waals surface area contributed by atoms with Crippen molar-refractivity contribution in [1.82, 2.24) is 9.88 Å². The Hall–Kier alpha value is -1.53. The second kappa shape index (κ2) is 4.86. The number of fused-ring (bicyclic) bond motifs is 1. The molecule has 100 valence electrons. The predicted molar refractivity (Wildman–Crippen MR) is 71.2 cm³/mol. The van der Waals surface area contributed by atoms with E-state index in [0.717, 1.165) is 10.2 Å². The van der Waals surface area contributed by atoms with Gasteiger partial charge in [0.05, 0.1) is 35.0 Å².